The van der Waals surface area contributed by atoms with Crippen LogP contribution in [0.4, 0.5) is 0 Å². The molecule has 2 saturated carbocycles. The van der Waals surface area contributed by atoms with Crippen LogP contribution in [0.1, 0.15) is 44.9 Å². The van der Waals surface area contributed by atoms with Crippen molar-refractivity contribution < 1.29 is 9.53 Å². The maximum Gasteiger partial charge on any atom is 0.222 e. The average molecular weight is 226 g/mol. The van der Waals surface area contributed by atoms with Crippen LogP contribution in [0.5, 0.6) is 0 Å². The summed E-state index contributed by atoms with van der Waals surface area (Å²) < 4.78 is 5.69. The van der Waals surface area contributed by atoms with Gasteiger partial charge in [-0.2, -0.15) is 0 Å². The minimum absolute atomic E-state index is 0.127. The van der Waals surface area contributed by atoms with Crippen LogP contribution in [0.15, 0.2) is 0 Å². The lowest BCUT2D eigenvalue weighted by Gasteiger charge is -2.26. The van der Waals surface area contributed by atoms with Gasteiger partial charge in [0.1, 0.15) is 0 Å². The quantitative estimate of drug-likeness (QED) is 0.733. The van der Waals surface area contributed by atoms with E-state index in [9.17, 15) is 4.79 Å². The molecular weight excluding hydrogens is 204 g/mol. The zero-order valence-electron chi connectivity index (χ0n) is 9.78. The third-order valence-corrected chi connectivity index (χ3v) is 3.29. The molecule has 92 valence electrons. The van der Waals surface area contributed by atoms with Crippen LogP contribution in [-0.2, 0) is 9.53 Å². The highest BCUT2D eigenvalue weighted by Crippen LogP contribution is 2.20. The van der Waals surface area contributed by atoms with Gasteiger partial charge in [-0.3, -0.25) is 4.79 Å². The molecule has 3 N–H and O–H groups in total. The SMILES string of the molecule is NC1CCCC(OCCC(=O)NC2CC2)C1. The Labute approximate surface area is 96.9 Å². The predicted octanol–water partition coefficient (Wildman–Crippen LogP) is 0.942. The van der Waals surface area contributed by atoms with Gasteiger partial charge in [0.2, 0.25) is 5.91 Å². The Morgan fingerprint density at radius 2 is 2.12 bits per heavy atom. The van der Waals surface area contributed by atoms with Gasteiger partial charge in [0.05, 0.1) is 12.7 Å². The smallest absolute Gasteiger partial charge is 0.222 e. The fourth-order valence-electron chi connectivity index (χ4n) is 2.18. The van der Waals surface area contributed by atoms with E-state index in [0.717, 1.165) is 38.5 Å². The molecule has 2 aliphatic rings. The number of carbonyl (C=O) groups excluding carboxylic acids is 1. The first-order valence-corrected chi connectivity index (χ1v) is 6.40. The number of nitrogens with two attached hydrogens (primary N) is 1. The molecule has 4 nitrogen and oxygen atoms in total. The van der Waals surface area contributed by atoms with Crippen molar-refractivity contribution in [2.45, 2.75) is 63.1 Å². The van der Waals surface area contributed by atoms with Crippen molar-refractivity contribution in [1.82, 2.24) is 5.32 Å². The lowest BCUT2D eigenvalue weighted by atomic mass is 9.94. The summed E-state index contributed by atoms with van der Waals surface area (Å²) >= 11 is 0. The fraction of sp³-hybridized carbons (Fsp3) is 0.917. The second-order valence-corrected chi connectivity index (χ2v) is 5.01. The van der Waals surface area contributed by atoms with E-state index in [0.29, 0.717) is 25.1 Å². The monoisotopic (exact) mass is 226 g/mol. The van der Waals surface area contributed by atoms with Gasteiger partial charge in [0.25, 0.3) is 0 Å². The van der Waals surface area contributed by atoms with E-state index in [1.807, 2.05) is 0 Å². The van der Waals surface area contributed by atoms with Crippen molar-refractivity contribution in [2.24, 2.45) is 5.73 Å². The number of amides is 1. The van der Waals surface area contributed by atoms with Crippen molar-refractivity contribution in [3.63, 3.8) is 0 Å². The summed E-state index contributed by atoms with van der Waals surface area (Å²) in [6.45, 7) is 0.538. The van der Waals surface area contributed by atoms with Crippen molar-refractivity contribution in [3.8, 4) is 0 Å². The minimum atomic E-state index is 0.127. The van der Waals surface area contributed by atoms with Gasteiger partial charge >= 0.3 is 0 Å². The number of hydrogen-bond acceptors (Lipinski definition) is 3. The molecule has 2 atom stereocenters. The van der Waals surface area contributed by atoms with Crippen LogP contribution in [0, 0.1) is 0 Å². The van der Waals surface area contributed by atoms with Crippen LogP contribution >= 0.6 is 0 Å². The summed E-state index contributed by atoms with van der Waals surface area (Å²) in [6, 6.07) is 0.745. The highest BCUT2D eigenvalue weighted by Gasteiger charge is 2.23. The Balaban J connectivity index is 1.54. The molecule has 0 heterocycles. The van der Waals surface area contributed by atoms with E-state index in [1.54, 1.807) is 0 Å². The van der Waals surface area contributed by atoms with Crippen molar-refractivity contribution >= 4 is 5.91 Å². The molecule has 0 aliphatic heterocycles. The highest BCUT2D eigenvalue weighted by molar-refractivity contribution is 5.76. The Morgan fingerprint density at radius 3 is 2.81 bits per heavy atom. The minimum Gasteiger partial charge on any atom is -0.378 e. The van der Waals surface area contributed by atoms with E-state index < -0.39 is 0 Å². The number of carbonyl (C=O) groups is 1. The van der Waals surface area contributed by atoms with Crippen LogP contribution < -0.4 is 11.1 Å². The molecule has 0 aromatic heterocycles. The van der Waals surface area contributed by atoms with Gasteiger partial charge in [-0.1, -0.05) is 0 Å². The maximum absolute atomic E-state index is 11.4. The molecule has 4 heteroatoms. The zero-order chi connectivity index (χ0) is 11.4. The molecule has 2 unspecified atom stereocenters. The molecule has 16 heavy (non-hydrogen) atoms. The van der Waals surface area contributed by atoms with Crippen LogP contribution in [0.25, 0.3) is 0 Å². The lowest BCUT2D eigenvalue weighted by molar-refractivity contribution is -0.122. The molecule has 2 rings (SSSR count). The van der Waals surface area contributed by atoms with Crippen LogP contribution in [0.2, 0.25) is 0 Å². The van der Waals surface area contributed by atoms with E-state index in [-0.39, 0.29) is 12.0 Å². The van der Waals surface area contributed by atoms with Crippen molar-refractivity contribution in [2.75, 3.05) is 6.61 Å². The molecule has 0 bridgehead atoms. The molecule has 2 fully saturated rings. The standard InChI is InChI=1S/C12H22N2O2/c13-9-2-1-3-11(8-9)16-7-6-12(15)14-10-4-5-10/h9-11H,1-8,13H2,(H,14,15). The van der Waals surface area contributed by atoms with E-state index in [4.69, 9.17) is 10.5 Å². The van der Waals surface area contributed by atoms with Gasteiger partial charge in [0.15, 0.2) is 0 Å². The summed E-state index contributed by atoms with van der Waals surface area (Å²) in [4.78, 5) is 11.4. The lowest BCUT2D eigenvalue weighted by Crippen LogP contribution is -2.33. The molecule has 0 radical (unpaired) electrons. The first-order valence-electron chi connectivity index (χ1n) is 6.40. The second-order valence-electron chi connectivity index (χ2n) is 5.01. The van der Waals surface area contributed by atoms with Crippen LogP contribution in [0.3, 0.4) is 0 Å². The zero-order valence-corrected chi connectivity index (χ0v) is 9.78. The van der Waals surface area contributed by atoms with Gasteiger partial charge in [-0.05, 0) is 38.5 Å². The second kappa shape index (κ2) is 5.64. The Bertz CT molecular complexity index is 241. The van der Waals surface area contributed by atoms with Gasteiger partial charge in [-0.15, -0.1) is 0 Å². The summed E-state index contributed by atoms with van der Waals surface area (Å²) in [5.74, 6) is 0.127. The van der Waals surface area contributed by atoms with Crippen LogP contribution in [-0.4, -0.2) is 30.7 Å². The molecule has 0 aromatic rings. The van der Waals surface area contributed by atoms with E-state index in [2.05, 4.69) is 5.32 Å². The summed E-state index contributed by atoms with van der Waals surface area (Å²) in [6.07, 6.45) is 7.36. The van der Waals surface area contributed by atoms with E-state index >= 15 is 0 Å². The average Bonchev–Trinajstić information content (AvgIpc) is 3.02. The maximum atomic E-state index is 11.4. The Kier molecular flexibility index (Phi) is 4.18. The summed E-state index contributed by atoms with van der Waals surface area (Å²) in [5.41, 5.74) is 5.87. The van der Waals surface area contributed by atoms with Crippen molar-refractivity contribution in [3.05, 3.63) is 0 Å². The summed E-state index contributed by atoms with van der Waals surface area (Å²) in [7, 11) is 0. The largest absolute Gasteiger partial charge is 0.378 e. The molecule has 2 aliphatic carbocycles. The van der Waals surface area contributed by atoms with Gasteiger partial charge in [-0.25, -0.2) is 0 Å². The van der Waals surface area contributed by atoms with Gasteiger partial charge in [0, 0.05) is 18.5 Å². The van der Waals surface area contributed by atoms with Gasteiger partial charge < -0.3 is 15.8 Å². The molecular formula is C12H22N2O2. The third kappa shape index (κ3) is 4.10. The Hall–Kier alpha value is -0.610. The van der Waals surface area contributed by atoms with Crippen molar-refractivity contribution in [1.29, 1.82) is 0 Å². The number of hydrogen-bond donors (Lipinski definition) is 2. The predicted molar refractivity (Wildman–Crippen MR) is 62.0 cm³/mol. The first kappa shape index (κ1) is 11.9. The molecule has 0 aromatic carbocycles. The topological polar surface area (TPSA) is 64.3 Å². The molecule has 0 spiro atoms. The third-order valence-electron chi connectivity index (χ3n) is 3.29. The summed E-state index contributed by atoms with van der Waals surface area (Å²) in [5, 5.41) is 2.96. The Morgan fingerprint density at radius 1 is 1.31 bits per heavy atom. The fourth-order valence-corrected chi connectivity index (χ4v) is 2.18. The first-order chi connectivity index (χ1) is 7.74. The highest BCUT2D eigenvalue weighted by atomic mass is 16.5. The van der Waals surface area contributed by atoms with E-state index in [1.165, 1.54) is 0 Å². The molecule has 0 saturated heterocycles. The normalized spacial score (nSPS) is 30.1. The number of rotatable bonds is 5. The molecule has 1 amide bonds. The number of nitrogens with one attached hydrogen (secondary N) is 1. The number of ether oxygens (including phenoxy) is 1.